The van der Waals surface area contributed by atoms with Crippen molar-refractivity contribution < 1.29 is 24.6 Å². The number of hydrogen-bond donors (Lipinski definition) is 3. The summed E-state index contributed by atoms with van der Waals surface area (Å²) in [6, 6.07) is 2.59. The zero-order valence-electron chi connectivity index (χ0n) is 9.38. The Morgan fingerprint density at radius 1 is 1.11 bits per heavy atom. The van der Waals surface area contributed by atoms with E-state index in [-0.39, 0.29) is 16.8 Å². The predicted molar refractivity (Wildman–Crippen MR) is 63.5 cm³/mol. The van der Waals surface area contributed by atoms with Crippen LogP contribution < -0.4 is 5.32 Å². The van der Waals surface area contributed by atoms with Crippen molar-refractivity contribution in [1.29, 1.82) is 0 Å². The minimum atomic E-state index is -1.28. The van der Waals surface area contributed by atoms with Crippen LogP contribution >= 0.6 is 0 Å². The van der Waals surface area contributed by atoms with Gasteiger partial charge in [-0.1, -0.05) is 0 Å². The number of urea groups is 1. The fourth-order valence-corrected chi connectivity index (χ4v) is 1.22. The van der Waals surface area contributed by atoms with Gasteiger partial charge in [0.25, 0.3) is 0 Å². The molecule has 0 spiro atoms. The SMILES string of the molecule is CC=NC(=O)Nc1cc(C(=O)O)cc(C(=O)O)c1. The van der Waals surface area contributed by atoms with Crippen LogP contribution in [0.2, 0.25) is 0 Å². The highest BCUT2D eigenvalue weighted by Crippen LogP contribution is 2.15. The van der Waals surface area contributed by atoms with Gasteiger partial charge in [0.2, 0.25) is 0 Å². The van der Waals surface area contributed by atoms with Gasteiger partial charge in [-0.25, -0.2) is 19.4 Å². The van der Waals surface area contributed by atoms with Gasteiger partial charge in [-0.2, -0.15) is 0 Å². The molecule has 0 unspecified atom stereocenters. The van der Waals surface area contributed by atoms with Gasteiger partial charge in [-0.15, -0.1) is 0 Å². The second kappa shape index (κ2) is 5.58. The summed E-state index contributed by atoms with van der Waals surface area (Å²) in [6.45, 7) is 1.54. The largest absolute Gasteiger partial charge is 0.478 e. The van der Waals surface area contributed by atoms with E-state index in [4.69, 9.17) is 10.2 Å². The van der Waals surface area contributed by atoms with Crippen LogP contribution in [0, 0.1) is 0 Å². The molecule has 7 nitrogen and oxygen atoms in total. The molecule has 7 heteroatoms. The molecule has 0 aliphatic carbocycles. The number of rotatable bonds is 3. The molecule has 3 N–H and O–H groups in total. The lowest BCUT2D eigenvalue weighted by molar-refractivity contribution is 0.0696. The molecular formula is C11H10N2O5. The smallest absolute Gasteiger partial charge is 0.345 e. The molecule has 1 rings (SSSR count). The second-order valence-corrected chi connectivity index (χ2v) is 3.23. The van der Waals surface area contributed by atoms with Crippen LogP contribution in [-0.4, -0.2) is 34.4 Å². The van der Waals surface area contributed by atoms with Crippen LogP contribution in [0.25, 0.3) is 0 Å². The third kappa shape index (κ3) is 3.41. The van der Waals surface area contributed by atoms with Gasteiger partial charge >= 0.3 is 18.0 Å². The third-order valence-corrected chi connectivity index (χ3v) is 1.92. The standard InChI is InChI=1S/C11H10N2O5/c1-2-12-11(18)13-8-4-6(9(14)15)3-7(5-8)10(16)17/h2-5H,1H3,(H,13,18)(H,14,15)(H,16,17). The van der Waals surface area contributed by atoms with E-state index in [0.29, 0.717) is 0 Å². The maximum atomic E-state index is 11.2. The molecule has 0 aliphatic heterocycles. The minimum absolute atomic E-state index is 0.0582. The lowest BCUT2D eigenvalue weighted by Crippen LogP contribution is -2.09. The van der Waals surface area contributed by atoms with Crippen molar-refractivity contribution in [3.05, 3.63) is 29.3 Å². The van der Waals surface area contributed by atoms with Crippen molar-refractivity contribution in [2.45, 2.75) is 6.92 Å². The highest BCUT2D eigenvalue weighted by atomic mass is 16.4. The van der Waals surface area contributed by atoms with Crippen LogP contribution in [0.5, 0.6) is 0 Å². The molecular weight excluding hydrogens is 240 g/mol. The Balaban J connectivity index is 3.15. The van der Waals surface area contributed by atoms with Gasteiger partial charge in [0.1, 0.15) is 0 Å². The Kier molecular flexibility index (Phi) is 4.14. The van der Waals surface area contributed by atoms with Crippen LogP contribution in [0.15, 0.2) is 23.2 Å². The zero-order chi connectivity index (χ0) is 13.7. The summed E-state index contributed by atoms with van der Waals surface area (Å²) in [7, 11) is 0. The van der Waals surface area contributed by atoms with E-state index in [1.807, 2.05) is 0 Å². The van der Waals surface area contributed by atoms with Crippen LogP contribution in [0.4, 0.5) is 10.5 Å². The minimum Gasteiger partial charge on any atom is -0.478 e. The van der Waals surface area contributed by atoms with E-state index in [9.17, 15) is 14.4 Å². The Labute approximate surface area is 102 Å². The van der Waals surface area contributed by atoms with Gasteiger partial charge in [0.15, 0.2) is 0 Å². The number of anilines is 1. The van der Waals surface area contributed by atoms with Crippen LogP contribution in [0.1, 0.15) is 27.6 Å². The van der Waals surface area contributed by atoms with Crippen molar-refractivity contribution in [2.75, 3.05) is 5.32 Å². The molecule has 18 heavy (non-hydrogen) atoms. The van der Waals surface area contributed by atoms with Crippen LogP contribution in [0.3, 0.4) is 0 Å². The number of benzene rings is 1. The van der Waals surface area contributed by atoms with Gasteiger partial charge in [0, 0.05) is 11.9 Å². The van der Waals surface area contributed by atoms with Crippen molar-refractivity contribution in [1.82, 2.24) is 0 Å². The molecule has 0 fully saturated rings. The first-order valence-corrected chi connectivity index (χ1v) is 4.85. The summed E-state index contributed by atoms with van der Waals surface area (Å²) >= 11 is 0. The first kappa shape index (κ1) is 13.4. The molecule has 1 aromatic carbocycles. The highest BCUT2D eigenvalue weighted by Gasteiger charge is 2.12. The highest BCUT2D eigenvalue weighted by molar-refractivity contribution is 5.99. The van der Waals surface area contributed by atoms with Gasteiger partial charge in [-0.3, -0.25) is 0 Å². The zero-order valence-corrected chi connectivity index (χ0v) is 9.38. The predicted octanol–water partition coefficient (Wildman–Crippen LogP) is 1.71. The van der Waals surface area contributed by atoms with E-state index >= 15 is 0 Å². The van der Waals surface area contributed by atoms with Gasteiger partial charge in [-0.05, 0) is 25.1 Å². The fourth-order valence-electron chi connectivity index (χ4n) is 1.22. The summed E-state index contributed by atoms with van der Waals surface area (Å²) in [5.74, 6) is -2.57. The van der Waals surface area contributed by atoms with E-state index in [2.05, 4.69) is 10.3 Å². The summed E-state index contributed by atoms with van der Waals surface area (Å²) in [5, 5.41) is 19.9. The summed E-state index contributed by atoms with van der Waals surface area (Å²) in [6.07, 6.45) is 1.26. The van der Waals surface area contributed by atoms with E-state index in [0.717, 1.165) is 18.2 Å². The molecule has 0 saturated carbocycles. The molecule has 0 heterocycles. The quantitative estimate of drug-likeness (QED) is 0.706. The molecule has 0 bridgehead atoms. The average Bonchev–Trinajstić information content (AvgIpc) is 2.28. The summed E-state index contributed by atoms with van der Waals surface area (Å²) < 4.78 is 0. The van der Waals surface area contributed by atoms with E-state index in [1.54, 1.807) is 0 Å². The summed E-state index contributed by atoms with van der Waals surface area (Å²) in [4.78, 5) is 36.2. The summed E-state index contributed by atoms with van der Waals surface area (Å²) in [5.41, 5.74) is -0.403. The maximum absolute atomic E-state index is 11.2. The number of nitrogens with zero attached hydrogens (tertiary/aromatic N) is 1. The average molecular weight is 250 g/mol. The number of aromatic carboxylic acids is 2. The number of nitrogens with one attached hydrogen (secondary N) is 1. The molecule has 94 valence electrons. The first-order valence-electron chi connectivity index (χ1n) is 4.85. The van der Waals surface area contributed by atoms with Crippen molar-refractivity contribution in [3.63, 3.8) is 0 Å². The maximum Gasteiger partial charge on any atom is 0.345 e. The molecule has 2 amide bonds. The van der Waals surface area contributed by atoms with Crippen molar-refractivity contribution in [3.8, 4) is 0 Å². The Bertz CT molecular complexity index is 504. The Morgan fingerprint density at radius 2 is 1.61 bits per heavy atom. The lowest BCUT2D eigenvalue weighted by Gasteiger charge is -2.05. The first-order chi connectivity index (χ1) is 8.43. The Hall–Kier alpha value is -2.70. The van der Waals surface area contributed by atoms with E-state index < -0.39 is 18.0 Å². The molecule has 0 saturated heterocycles. The molecule has 0 aliphatic rings. The number of carbonyl (C=O) groups excluding carboxylic acids is 1. The molecule has 1 aromatic rings. The number of carbonyl (C=O) groups is 3. The normalized spacial score (nSPS) is 10.3. The molecule has 0 aromatic heterocycles. The topological polar surface area (TPSA) is 116 Å². The van der Waals surface area contributed by atoms with E-state index in [1.165, 1.54) is 13.1 Å². The number of hydrogen-bond acceptors (Lipinski definition) is 3. The van der Waals surface area contributed by atoms with Crippen molar-refractivity contribution >= 4 is 29.9 Å². The number of carboxylic acids is 2. The molecule has 0 atom stereocenters. The Morgan fingerprint density at radius 3 is 2.00 bits per heavy atom. The van der Waals surface area contributed by atoms with Crippen molar-refractivity contribution in [2.24, 2.45) is 4.99 Å². The third-order valence-electron chi connectivity index (χ3n) is 1.92. The number of aliphatic imine (C=N–C) groups is 1. The second-order valence-electron chi connectivity index (χ2n) is 3.23. The molecule has 0 radical (unpaired) electrons. The number of carboxylic acid groups (broad SMARTS) is 2. The van der Waals surface area contributed by atoms with Gasteiger partial charge < -0.3 is 15.5 Å². The lowest BCUT2D eigenvalue weighted by atomic mass is 10.1. The number of amides is 2. The van der Waals surface area contributed by atoms with Crippen LogP contribution in [-0.2, 0) is 0 Å². The monoisotopic (exact) mass is 250 g/mol. The van der Waals surface area contributed by atoms with Gasteiger partial charge in [0.05, 0.1) is 11.1 Å². The fraction of sp³-hybridized carbons (Fsp3) is 0.0909.